The van der Waals surface area contributed by atoms with Gasteiger partial charge in [-0.1, -0.05) is 0 Å². The molecule has 3 rings (SSSR count). The highest BCUT2D eigenvalue weighted by Crippen LogP contribution is 2.34. The Morgan fingerprint density at radius 1 is 0.960 bits per heavy atom. The second kappa shape index (κ2) is 7.14. The molecule has 9 atom stereocenters. The van der Waals surface area contributed by atoms with Crippen LogP contribution in [0.2, 0.25) is 0 Å². The second-order valence-electron chi connectivity index (χ2n) is 5.96. The standard InChI is InChI=1S/C12H20N4O9/c17-1-3-10(7(21)8(22)11-13-14-15-16(3)11)25-12-9(23)6(20)5(19)4(2-18)24-12/h3-10,12,17-23H,1-2H2/t3-,4-,5-,6+,7-,8-,9-,10-,12+/m1/s1. The Balaban J connectivity index is 1.83. The Bertz CT molecular complexity index is 587. The van der Waals surface area contributed by atoms with Crippen LogP contribution >= 0.6 is 0 Å². The normalized spacial score (nSPS) is 44.5. The van der Waals surface area contributed by atoms with Gasteiger partial charge in [-0.2, -0.15) is 0 Å². The Morgan fingerprint density at radius 2 is 1.68 bits per heavy atom. The number of fused-ring (bicyclic) bond motifs is 1. The average molecular weight is 364 g/mol. The lowest BCUT2D eigenvalue weighted by atomic mass is 9.95. The average Bonchev–Trinajstić information content (AvgIpc) is 3.09. The second-order valence-corrected chi connectivity index (χ2v) is 5.96. The Hall–Kier alpha value is -1.29. The highest BCUT2D eigenvalue weighted by Gasteiger charge is 2.50. The van der Waals surface area contributed by atoms with E-state index in [2.05, 4.69) is 15.5 Å². The molecule has 1 fully saturated rings. The number of hydrogen-bond donors (Lipinski definition) is 7. The predicted octanol–water partition coefficient (Wildman–Crippen LogP) is -5.20. The van der Waals surface area contributed by atoms with Gasteiger partial charge >= 0.3 is 0 Å². The highest BCUT2D eigenvalue weighted by molar-refractivity contribution is 5.04. The zero-order chi connectivity index (χ0) is 18.3. The fraction of sp³-hybridized carbons (Fsp3) is 0.917. The van der Waals surface area contributed by atoms with Crippen LogP contribution in [0.3, 0.4) is 0 Å². The van der Waals surface area contributed by atoms with Crippen LogP contribution in [0.1, 0.15) is 18.0 Å². The molecule has 0 radical (unpaired) electrons. The zero-order valence-electron chi connectivity index (χ0n) is 12.8. The molecular formula is C12H20N4O9. The lowest BCUT2D eigenvalue weighted by Gasteiger charge is -2.44. The van der Waals surface area contributed by atoms with E-state index in [9.17, 15) is 35.7 Å². The molecule has 7 N–H and O–H groups in total. The maximum Gasteiger partial charge on any atom is 0.187 e. The van der Waals surface area contributed by atoms with Crippen molar-refractivity contribution in [1.29, 1.82) is 0 Å². The van der Waals surface area contributed by atoms with E-state index in [0.29, 0.717) is 0 Å². The molecule has 25 heavy (non-hydrogen) atoms. The van der Waals surface area contributed by atoms with Crippen molar-refractivity contribution in [3.8, 4) is 0 Å². The maximum atomic E-state index is 10.3. The van der Waals surface area contributed by atoms with E-state index >= 15 is 0 Å². The molecule has 0 unspecified atom stereocenters. The first kappa shape index (κ1) is 18.5. The van der Waals surface area contributed by atoms with Gasteiger partial charge in [-0.3, -0.25) is 0 Å². The van der Waals surface area contributed by atoms with E-state index in [-0.39, 0.29) is 5.82 Å². The highest BCUT2D eigenvalue weighted by atomic mass is 16.7. The van der Waals surface area contributed by atoms with Gasteiger partial charge in [0.2, 0.25) is 0 Å². The van der Waals surface area contributed by atoms with Crippen molar-refractivity contribution in [1.82, 2.24) is 20.2 Å². The molecule has 0 bridgehead atoms. The molecule has 0 aromatic carbocycles. The molecule has 13 heteroatoms. The van der Waals surface area contributed by atoms with Gasteiger partial charge in [-0.25, -0.2) is 4.68 Å². The predicted molar refractivity (Wildman–Crippen MR) is 73.5 cm³/mol. The molecule has 1 aromatic heterocycles. The van der Waals surface area contributed by atoms with Crippen molar-refractivity contribution < 1.29 is 45.2 Å². The number of rotatable bonds is 4. The SMILES string of the molecule is OC[C@@H]1[C@@H](O[C@@H]2O[C@H](CO)[C@@H](O)[C@H](O)[C@H]2O)[C@H](O)[C@@H](O)c2nnnn21. The minimum Gasteiger partial charge on any atom is -0.394 e. The van der Waals surface area contributed by atoms with Gasteiger partial charge in [0, 0.05) is 0 Å². The molecule has 2 aliphatic rings. The van der Waals surface area contributed by atoms with E-state index in [4.69, 9.17) is 9.47 Å². The third-order valence-electron chi connectivity index (χ3n) is 4.46. The molecule has 13 nitrogen and oxygen atoms in total. The molecule has 0 spiro atoms. The van der Waals surface area contributed by atoms with Gasteiger partial charge in [0.05, 0.1) is 13.2 Å². The molecule has 3 heterocycles. The van der Waals surface area contributed by atoms with Crippen LogP contribution < -0.4 is 0 Å². The fourth-order valence-corrected chi connectivity index (χ4v) is 3.02. The number of aliphatic hydroxyl groups excluding tert-OH is 7. The number of nitrogens with zero attached hydrogens (tertiary/aromatic N) is 4. The number of aromatic nitrogens is 4. The van der Waals surface area contributed by atoms with Crippen LogP contribution in [0.15, 0.2) is 0 Å². The molecule has 142 valence electrons. The van der Waals surface area contributed by atoms with E-state index in [1.165, 1.54) is 0 Å². The minimum absolute atomic E-state index is 0.0693. The number of tetrazole rings is 1. The number of hydrogen-bond acceptors (Lipinski definition) is 12. The lowest BCUT2D eigenvalue weighted by molar-refractivity contribution is -0.326. The Kier molecular flexibility index (Phi) is 5.29. The van der Waals surface area contributed by atoms with Crippen LogP contribution in [0.25, 0.3) is 0 Å². The van der Waals surface area contributed by atoms with E-state index in [1.54, 1.807) is 0 Å². The zero-order valence-corrected chi connectivity index (χ0v) is 12.8. The largest absolute Gasteiger partial charge is 0.394 e. The van der Waals surface area contributed by atoms with Gasteiger partial charge < -0.3 is 45.2 Å². The smallest absolute Gasteiger partial charge is 0.187 e. The summed E-state index contributed by atoms with van der Waals surface area (Å²) in [5, 5.41) is 79.3. The number of ether oxygens (including phenoxy) is 2. The van der Waals surface area contributed by atoms with Crippen molar-refractivity contribution in [2.75, 3.05) is 13.2 Å². The van der Waals surface area contributed by atoms with Crippen LogP contribution in [0, 0.1) is 0 Å². The van der Waals surface area contributed by atoms with Gasteiger partial charge in [-0.05, 0) is 10.4 Å². The van der Waals surface area contributed by atoms with Crippen molar-refractivity contribution in [3.05, 3.63) is 5.82 Å². The van der Waals surface area contributed by atoms with Crippen molar-refractivity contribution in [2.24, 2.45) is 0 Å². The summed E-state index contributed by atoms with van der Waals surface area (Å²) in [7, 11) is 0. The molecule has 0 amide bonds. The summed E-state index contributed by atoms with van der Waals surface area (Å²) in [5.74, 6) is -0.0693. The molecule has 1 aromatic rings. The molecular weight excluding hydrogens is 344 g/mol. The van der Waals surface area contributed by atoms with Gasteiger partial charge in [-0.15, -0.1) is 5.10 Å². The maximum absolute atomic E-state index is 10.3. The van der Waals surface area contributed by atoms with Crippen molar-refractivity contribution >= 4 is 0 Å². The Morgan fingerprint density at radius 3 is 2.32 bits per heavy atom. The van der Waals surface area contributed by atoms with Crippen molar-refractivity contribution in [2.45, 2.75) is 55.1 Å². The Labute approximate surface area is 140 Å². The van der Waals surface area contributed by atoms with Crippen molar-refractivity contribution in [3.63, 3.8) is 0 Å². The summed E-state index contributed by atoms with van der Waals surface area (Å²) >= 11 is 0. The fourth-order valence-electron chi connectivity index (χ4n) is 3.02. The molecule has 0 saturated carbocycles. The first-order chi connectivity index (χ1) is 11.9. The van der Waals surface area contributed by atoms with E-state index < -0.39 is 68.3 Å². The summed E-state index contributed by atoms with van der Waals surface area (Å²) in [5.41, 5.74) is 0. The van der Waals surface area contributed by atoms with Crippen LogP contribution in [-0.4, -0.2) is 112 Å². The first-order valence-electron chi connectivity index (χ1n) is 7.61. The van der Waals surface area contributed by atoms with Crippen LogP contribution in [0.4, 0.5) is 0 Å². The molecule has 1 saturated heterocycles. The van der Waals surface area contributed by atoms with Gasteiger partial charge in [0.25, 0.3) is 0 Å². The minimum atomic E-state index is -1.70. The molecule has 0 aliphatic carbocycles. The van der Waals surface area contributed by atoms with Gasteiger partial charge in [0.1, 0.15) is 48.8 Å². The monoisotopic (exact) mass is 364 g/mol. The third kappa shape index (κ3) is 3.03. The van der Waals surface area contributed by atoms with E-state index in [1.807, 2.05) is 0 Å². The quantitative estimate of drug-likeness (QED) is 0.268. The summed E-state index contributed by atoms with van der Waals surface area (Å²) in [6.07, 6.45) is -12.1. The third-order valence-corrected chi connectivity index (χ3v) is 4.46. The summed E-state index contributed by atoms with van der Waals surface area (Å²) in [6.45, 7) is -1.22. The van der Waals surface area contributed by atoms with Crippen LogP contribution in [-0.2, 0) is 9.47 Å². The van der Waals surface area contributed by atoms with Gasteiger partial charge in [0.15, 0.2) is 12.1 Å². The summed E-state index contributed by atoms with van der Waals surface area (Å²) < 4.78 is 11.8. The molecule has 2 aliphatic heterocycles. The lowest BCUT2D eigenvalue weighted by Crippen LogP contribution is -2.61. The van der Waals surface area contributed by atoms with Crippen LogP contribution in [0.5, 0.6) is 0 Å². The van der Waals surface area contributed by atoms with E-state index in [0.717, 1.165) is 4.68 Å². The number of aliphatic hydroxyl groups is 7. The first-order valence-corrected chi connectivity index (χ1v) is 7.61. The summed E-state index contributed by atoms with van der Waals surface area (Å²) in [4.78, 5) is 0. The topological polar surface area (TPSA) is 204 Å². The summed E-state index contributed by atoms with van der Waals surface area (Å²) in [6, 6.07) is -1.00.